The number of aryl methyl sites for hydroxylation is 1. The van der Waals surface area contributed by atoms with Crippen molar-refractivity contribution in [3.8, 4) is 11.3 Å². The minimum absolute atomic E-state index is 0.00964. The SMILES string of the molecule is CCNc1ccc(N2CCN(C(=O)c3cc(-c4ccccc4)nn3C)CC2)nn1. The van der Waals surface area contributed by atoms with E-state index in [1.54, 1.807) is 4.68 Å². The van der Waals surface area contributed by atoms with Crippen LogP contribution in [0.25, 0.3) is 11.3 Å². The molecule has 1 N–H and O–H groups in total. The Labute approximate surface area is 170 Å². The number of anilines is 2. The van der Waals surface area contributed by atoms with Gasteiger partial charge in [0.25, 0.3) is 5.91 Å². The molecule has 1 aliphatic rings. The van der Waals surface area contributed by atoms with Crippen LogP contribution in [0, 0.1) is 0 Å². The van der Waals surface area contributed by atoms with E-state index in [0.29, 0.717) is 18.8 Å². The van der Waals surface area contributed by atoms with Crippen LogP contribution >= 0.6 is 0 Å². The molecule has 0 bridgehead atoms. The minimum Gasteiger partial charge on any atom is -0.369 e. The molecular formula is C21H25N7O. The standard InChI is InChI=1S/C21H25N7O/c1-3-22-19-9-10-20(24-23-19)27-11-13-28(14-12-27)21(29)18-15-17(25-26(18)2)16-7-5-4-6-8-16/h4-10,15H,3,11-14H2,1-2H3,(H,22,23). The molecule has 4 rings (SSSR count). The molecule has 8 nitrogen and oxygen atoms in total. The van der Waals surface area contributed by atoms with E-state index in [-0.39, 0.29) is 5.91 Å². The normalized spacial score (nSPS) is 14.1. The van der Waals surface area contributed by atoms with Crippen molar-refractivity contribution < 1.29 is 4.79 Å². The van der Waals surface area contributed by atoms with Gasteiger partial charge in [-0.1, -0.05) is 30.3 Å². The van der Waals surface area contributed by atoms with E-state index >= 15 is 0 Å². The third kappa shape index (κ3) is 4.06. The molecule has 1 fully saturated rings. The summed E-state index contributed by atoms with van der Waals surface area (Å²) in [6.45, 7) is 5.57. The second-order valence-electron chi connectivity index (χ2n) is 6.99. The van der Waals surface area contributed by atoms with Crippen molar-refractivity contribution in [2.45, 2.75) is 6.92 Å². The zero-order valence-electron chi connectivity index (χ0n) is 16.7. The molecule has 29 heavy (non-hydrogen) atoms. The van der Waals surface area contributed by atoms with Crippen molar-refractivity contribution in [1.82, 2.24) is 24.9 Å². The zero-order chi connectivity index (χ0) is 20.2. The van der Waals surface area contributed by atoms with Gasteiger partial charge in [0.15, 0.2) is 5.82 Å². The molecule has 8 heteroatoms. The Bertz CT molecular complexity index is 960. The summed E-state index contributed by atoms with van der Waals surface area (Å²) < 4.78 is 1.67. The molecular weight excluding hydrogens is 366 g/mol. The predicted molar refractivity (Wildman–Crippen MR) is 113 cm³/mol. The summed E-state index contributed by atoms with van der Waals surface area (Å²) in [5, 5.41) is 16.2. The van der Waals surface area contributed by atoms with Gasteiger partial charge in [0, 0.05) is 45.3 Å². The molecule has 0 unspecified atom stereocenters. The van der Waals surface area contributed by atoms with Gasteiger partial charge in [-0.3, -0.25) is 9.48 Å². The van der Waals surface area contributed by atoms with E-state index in [2.05, 4.69) is 25.5 Å². The lowest BCUT2D eigenvalue weighted by molar-refractivity contribution is 0.0735. The Hall–Kier alpha value is -3.42. The molecule has 0 aliphatic carbocycles. The highest BCUT2D eigenvalue weighted by atomic mass is 16.2. The lowest BCUT2D eigenvalue weighted by Gasteiger charge is -2.35. The van der Waals surface area contributed by atoms with Gasteiger partial charge in [-0.05, 0) is 25.1 Å². The van der Waals surface area contributed by atoms with Gasteiger partial charge in [0.05, 0.1) is 5.69 Å². The highest BCUT2D eigenvalue weighted by Gasteiger charge is 2.25. The Morgan fingerprint density at radius 2 is 1.79 bits per heavy atom. The Balaban J connectivity index is 1.41. The highest BCUT2D eigenvalue weighted by Crippen LogP contribution is 2.20. The zero-order valence-corrected chi connectivity index (χ0v) is 16.7. The molecule has 1 amide bonds. The summed E-state index contributed by atoms with van der Waals surface area (Å²) in [6.07, 6.45) is 0. The van der Waals surface area contributed by atoms with Crippen LogP contribution in [0.1, 0.15) is 17.4 Å². The lowest BCUT2D eigenvalue weighted by atomic mass is 10.1. The van der Waals surface area contributed by atoms with Gasteiger partial charge in [-0.15, -0.1) is 10.2 Å². The van der Waals surface area contributed by atoms with Crippen LogP contribution in [0.15, 0.2) is 48.5 Å². The smallest absolute Gasteiger partial charge is 0.272 e. The maximum atomic E-state index is 13.0. The number of piperazine rings is 1. The molecule has 0 radical (unpaired) electrons. The first-order valence-corrected chi connectivity index (χ1v) is 9.87. The van der Waals surface area contributed by atoms with Crippen molar-refractivity contribution in [3.63, 3.8) is 0 Å². The summed E-state index contributed by atoms with van der Waals surface area (Å²) in [5.41, 5.74) is 2.42. The van der Waals surface area contributed by atoms with Gasteiger partial charge >= 0.3 is 0 Å². The van der Waals surface area contributed by atoms with Crippen molar-refractivity contribution in [2.75, 3.05) is 42.9 Å². The van der Waals surface area contributed by atoms with E-state index in [4.69, 9.17) is 0 Å². The van der Waals surface area contributed by atoms with Crippen molar-refractivity contribution in [1.29, 1.82) is 0 Å². The Morgan fingerprint density at radius 1 is 1.03 bits per heavy atom. The molecule has 2 aromatic heterocycles. The number of hydrogen-bond acceptors (Lipinski definition) is 6. The number of carbonyl (C=O) groups excluding carboxylic acids is 1. The van der Waals surface area contributed by atoms with Gasteiger partial charge in [0.1, 0.15) is 11.5 Å². The highest BCUT2D eigenvalue weighted by molar-refractivity contribution is 5.94. The number of aromatic nitrogens is 4. The molecule has 3 heterocycles. The summed E-state index contributed by atoms with van der Waals surface area (Å²) in [4.78, 5) is 17.1. The average molecular weight is 391 g/mol. The number of benzene rings is 1. The topological polar surface area (TPSA) is 79.2 Å². The van der Waals surface area contributed by atoms with Gasteiger partial charge in [-0.2, -0.15) is 5.10 Å². The van der Waals surface area contributed by atoms with Crippen LogP contribution < -0.4 is 10.2 Å². The molecule has 150 valence electrons. The van der Waals surface area contributed by atoms with E-state index in [0.717, 1.165) is 42.5 Å². The van der Waals surface area contributed by atoms with Crippen LogP contribution in [-0.2, 0) is 7.05 Å². The molecule has 0 saturated carbocycles. The molecule has 3 aromatic rings. The molecule has 1 aromatic carbocycles. The van der Waals surface area contributed by atoms with E-state index in [9.17, 15) is 4.79 Å². The van der Waals surface area contributed by atoms with Gasteiger partial charge in [-0.25, -0.2) is 0 Å². The van der Waals surface area contributed by atoms with Crippen LogP contribution in [0.4, 0.5) is 11.6 Å². The Morgan fingerprint density at radius 3 is 2.45 bits per heavy atom. The number of nitrogens with one attached hydrogen (secondary N) is 1. The van der Waals surface area contributed by atoms with E-state index in [1.807, 2.05) is 67.4 Å². The number of carbonyl (C=O) groups is 1. The second kappa shape index (κ2) is 8.30. The third-order valence-corrected chi connectivity index (χ3v) is 5.07. The number of hydrogen-bond donors (Lipinski definition) is 1. The molecule has 1 saturated heterocycles. The summed E-state index contributed by atoms with van der Waals surface area (Å²) in [6, 6.07) is 15.7. The number of amides is 1. The summed E-state index contributed by atoms with van der Waals surface area (Å²) in [7, 11) is 1.82. The fourth-order valence-corrected chi connectivity index (χ4v) is 3.49. The average Bonchev–Trinajstić information content (AvgIpc) is 3.16. The molecule has 0 atom stereocenters. The van der Waals surface area contributed by atoms with Crippen LogP contribution in [0.2, 0.25) is 0 Å². The van der Waals surface area contributed by atoms with Gasteiger partial charge in [0.2, 0.25) is 0 Å². The maximum absolute atomic E-state index is 13.0. The van der Waals surface area contributed by atoms with Crippen molar-refractivity contribution in [3.05, 3.63) is 54.2 Å². The number of rotatable bonds is 5. The fourth-order valence-electron chi connectivity index (χ4n) is 3.49. The predicted octanol–water partition coefficient (Wildman–Crippen LogP) is 2.27. The quantitative estimate of drug-likeness (QED) is 0.719. The monoisotopic (exact) mass is 391 g/mol. The van der Waals surface area contributed by atoms with E-state index < -0.39 is 0 Å². The first-order valence-electron chi connectivity index (χ1n) is 9.87. The van der Waals surface area contributed by atoms with Crippen molar-refractivity contribution in [2.24, 2.45) is 7.05 Å². The first kappa shape index (κ1) is 18.9. The van der Waals surface area contributed by atoms with Crippen LogP contribution in [0.5, 0.6) is 0 Å². The fraction of sp³-hybridized carbons (Fsp3) is 0.333. The first-order chi connectivity index (χ1) is 14.2. The van der Waals surface area contributed by atoms with Gasteiger partial charge < -0.3 is 15.1 Å². The van der Waals surface area contributed by atoms with E-state index in [1.165, 1.54) is 0 Å². The molecule has 1 aliphatic heterocycles. The minimum atomic E-state index is 0.00964. The van der Waals surface area contributed by atoms with Crippen LogP contribution in [0.3, 0.4) is 0 Å². The molecule has 0 spiro atoms. The third-order valence-electron chi connectivity index (χ3n) is 5.07. The Kier molecular flexibility index (Phi) is 5.41. The maximum Gasteiger partial charge on any atom is 0.272 e. The van der Waals surface area contributed by atoms with Crippen LogP contribution in [-0.4, -0.2) is 63.5 Å². The largest absolute Gasteiger partial charge is 0.369 e. The second-order valence-corrected chi connectivity index (χ2v) is 6.99. The summed E-state index contributed by atoms with van der Waals surface area (Å²) >= 11 is 0. The number of nitrogens with zero attached hydrogens (tertiary/aromatic N) is 6. The van der Waals surface area contributed by atoms with Crippen molar-refractivity contribution >= 4 is 17.5 Å². The lowest BCUT2D eigenvalue weighted by Crippen LogP contribution is -2.49. The summed E-state index contributed by atoms with van der Waals surface area (Å²) in [5.74, 6) is 1.62.